The molecule has 0 radical (unpaired) electrons. The number of nitrogens with zero attached hydrogens (tertiary/aromatic N) is 2. The standard InChI is InChI=1S/C68H65BN2S/c1-65(2,3)47-23-18-22-45(38-47)44-28-32-50(33-29-44)70-57-39-46(43-20-12-10-13-21-43)30-34-55(57)69-62-58(70)41-49(67(7,8)9)42-59(62)71(63-52-40-48(66(4,5)6)31-35-60(52)72-64(63)69)56-27-19-26-54-61(56)51-24-14-15-25-53(51)68(54)36-16-11-17-37-68/h10,12-15,18-35,38-42H,11,16-17,36-37H2,1-9H3/i28D,29D,32D,33D. The minimum Gasteiger partial charge on any atom is -0.311 e. The molecule has 0 bridgehead atoms. The molecular formula is C68H65BN2S. The van der Waals surface area contributed by atoms with E-state index in [0.717, 1.165) is 63.1 Å². The Morgan fingerprint density at radius 3 is 1.88 bits per heavy atom. The van der Waals surface area contributed by atoms with Gasteiger partial charge in [0.05, 0.1) is 16.9 Å². The van der Waals surface area contributed by atoms with E-state index in [4.69, 9.17) is 0 Å². The number of rotatable bonds is 4. The van der Waals surface area contributed by atoms with E-state index in [9.17, 15) is 5.48 Å². The molecule has 72 heavy (non-hydrogen) atoms. The quantitative estimate of drug-likeness (QED) is 0.162. The summed E-state index contributed by atoms with van der Waals surface area (Å²) in [7, 11) is 0. The van der Waals surface area contributed by atoms with Gasteiger partial charge in [0.15, 0.2) is 0 Å². The minimum absolute atomic E-state index is 0.0481. The maximum atomic E-state index is 10.2. The van der Waals surface area contributed by atoms with Crippen molar-refractivity contribution < 1.29 is 5.48 Å². The van der Waals surface area contributed by atoms with Crippen molar-refractivity contribution in [3.8, 4) is 33.4 Å². The van der Waals surface area contributed by atoms with Gasteiger partial charge in [-0.15, -0.1) is 11.3 Å². The highest BCUT2D eigenvalue weighted by molar-refractivity contribution is 7.33. The predicted molar refractivity (Wildman–Crippen MR) is 312 cm³/mol. The highest BCUT2D eigenvalue weighted by atomic mass is 32.1. The Balaban J connectivity index is 1.16. The van der Waals surface area contributed by atoms with Crippen LogP contribution in [0.2, 0.25) is 0 Å². The van der Waals surface area contributed by atoms with Crippen molar-refractivity contribution in [3.63, 3.8) is 0 Å². The summed E-state index contributed by atoms with van der Waals surface area (Å²) in [4.78, 5) is 4.75. The zero-order chi connectivity index (χ0) is 53.0. The van der Waals surface area contributed by atoms with Crippen molar-refractivity contribution in [2.24, 2.45) is 0 Å². The van der Waals surface area contributed by atoms with E-state index >= 15 is 0 Å². The molecule has 1 spiro atoms. The van der Waals surface area contributed by atoms with E-state index in [1.807, 2.05) is 35.6 Å². The first-order valence-electron chi connectivity index (χ1n) is 28.3. The van der Waals surface area contributed by atoms with Crippen molar-refractivity contribution in [1.29, 1.82) is 0 Å². The van der Waals surface area contributed by atoms with Crippen LogP contribution in [0.25, 0.3) is 43.5 Å². The largest absolute Gasteiger partial charge is 0.311 e. The molecule has 1 saturated carbocycles. The number of hydrogen-bond acceptors (Lipinski definition) is 3. The third kappa shape index (κ3) is 6.95. The minimum atomic E-state index is -0.324. The maximum absolute atomic E-state index is 10.2. The van der Waals surface area contributed by atoms with Crippen LogP contribution in [0.1, 0.15) is 128 Å². The van der Waals surface area contributed by atoms with Crippen LogP contribution >= 0.6 is 11.3 Å². The van der Waals surface area contributed by atoms with E-state index in [0.29, 0.717) is 11.1 Å². The van der Waals surface area contributed by atoms with E-state index in [-0.39, 0.29) is 58.2 Å². The smallest absolute Gasteiger partial charge is 0.264 e. The normalized spacial score (nSPS) is 16.4. The van der Waals surface area contributed by atoms with Gasteiger partial charge in [-0.2, -0.15) is 0 Å². The van der Waals surface area contributed by atoms with Gasteiger partial charge in [0.2, 0.25) is 0 Å². The maximum Gasteiger partial charge on any atom is 0.264 e. The molecule has 0 atom stereocenters. The monoisotopic (exact) mass is 957 g/mol. The Bertz CT molecular complexity index is 3860. The van der Waals surface area contributed by atoms with Gasteiger partial charge >= 0.3 is 0 Å². The average Bonchev–Trinajstić information content (AvgIpc) is 3.57. The molecule has 1 aromatic heterocycles. The van der Waals surface area contributed by atoms with E-state index in [1.54, 1.807) is 0 Å². The molecule has 0 amide bonds. The fraction of sp³-hybridized carbons (Fsp3) is 0.265. The molecule has 8 aromatic carbocycles. The first-order chi connectivity index (χ1) is 36.3. The van der Waals surface area contributed by atoms with Crippen molar-refractivity contribution in [3.05, 3.63) is 198 Å². The lowest BCUT2D eigenvalue weighted by molar-refractivity contribution is 0.353. The first-order valence-corrected chi connectivity index (χ1v) is 27.1. The summed E-state index contributed by atoms with van der Waals surface area (Å²) in [5.74, 6) is 0. The molecule has 4 aliphatic rings. The molecule has 3 heterocycles. The van der Waals surface area contributed by atoms with Crippen LogP contribution in [0.5, 0.6) is 0 Å². The number of fused-ring (bicyclic) bond motifs is 11. The lowest BCUT2D eigenvalue weighted by Crippen LogP contribution is -2.60. The molecule has 13 rings (SSSR count). The Hall–Kier alpha value is -6.62. The Morgan fingerprint density at radius 2 is 1.14 bits per heavy atom. The SMILES string of the molecule is [2H]c1c([2H])c(N2c3cc(-c4ccccc4)ccc3B3c4sc5ccc(C(C)(C)C)cc5c4N(c4cccc5c4-c4ccccc4C54CCCCC4)c4cc(C(C)(C)C)cc2c43)c([2H])c([2H])c1-c1cccc(C(C)(C)C)c1. The topological polar surface area (TPSA) is 6.48 Å². The van der Waals surface area contributed by atoms with Gasteiger partial charge in [0.25, 0.3) is 6.71 Å². The number of anilines is 6. The van der Waals surface area contributed by atoms with Crippen molar-refractivity contribution in [2.75, 3.05) is 9.80 Å². The highest BCUT2D eigenvalue weighted by Crippen LogP contribution is 2.60. The molecule has 0 unspecified atom stereocenters. The van der Waals surface area contributed by atoms with Crippen LogP contribution in [-0.4, -0.2) is 6.71 Å². The average molecular weight is 957 g/mol. The highest BCUT2D eigenvalue weighted by Gasteiger charge is 2.49. The van der Waals surface area contributed by atoms with Crippen molar-refractivity contribution in [2.45, 2.75) is 116 Å². The second-order valence-corrected chi connectivity index (χ2v) is 25.2. The number of hydrogen-bond donors (Lipinski definition) is 0. The second kappa shape index (κ2) is 16.2. The van der Waals surface area contributed by atoms with Crippen LogP contribution in [0.15, 0.2) is 170 Å². The van der Waals surface area contributed by atoms with Crippen LogP contribution in [0.3, 0.4) is 0 Å². The molecule has 9 aromatic rings. The van der Waals surface area contributed by atoms with Crippen molar-refractivity contribution in [1.82, 2.24) is 0 Å². The zero-order valence-corrected chi connectivity index (χ0v) is 44.1. The summed E-state index contributed by atoms with van der Waals surface area (Å²) in [5.41, 5.74) is 19.1. The molecular weight excluding hydrogens is 888 g/mol. The molecule has 356 valence electrons. The van der Waals surface area contributed by atoms with Crippen LogP contribution in [0, 0.1) is 0 Å². The summed E-state index contributed by atoms with van der Waals surface area (Å²) < 4.78 is 42.8. The lowest BCUT2D eigenvalue weighted by Gasteiger charge is -2.44. The van der Waals surface area contributed by atoms with Gasteiger partial charge in [-0.25, -0.2) is 0 Å². The van der Waals surface area contributed by atoms with Gasteiger partial charge in [0, 0.05) is 48.6 Å². The molecule has 4 heteroatoms. The molecule has 2 aliphatic heterocycles. The third-order valence-corrected chi connectivity index (χ3v) is 17.8. The number of thiophene rings is 1. The van der Waals surface area contributed by atoms with Gasteiger partial charge in [-0.05, 0) is 144 Å². The molecule has 2 aliphatic carbocycles. The van der Waals surface area contributed by atoms with Gasteiger partial charge in [0.1, 0.15) is 0 Å². The van der Waals surface area contributed by atoms with Crippen LogP contribution < -0.4 is 25.5 Å². The van der Waals surface area contributed by atoms with E-state index in [2.05, 4.69) is 193 Å². The summed E-state index contributed by atoms with van der Waals surface area (Å²) in [6.07, 6.45) is 5.96. The third-order valence-electron chi connectivity index (χ3n) is 16.6. The fourth-order valence-electron chi connectivity index (χ4n) is 12.7. The molecule has 1 fully saturated rings. The van der Waals surface area contributed by atoms with E-state index in [1.165, 1.54) is 73.3 Å². The van der Waals surface area contributed by atoms with Crippen molar-refractivity contribution >= 4 is 78.0 Å². The first kappa shape index (κ1) is 40.9. The predicted octanol–water partition coefficient (Wildman–Crippen LogP) is 17.4. The number of benzene rings is 8. The molecule has 0 N–H and O–H groups in total. The molecule has 0 saturated heterocycles. The van der Waals surface area contributed by atoms with Gasteiger partial charge in [-0.1, -0.05) is 203 Å². The Labute approximate surface area is 438 Å². The van der Waals surface area contributed by atoms with Gasteiger partial charge in [-0.3, -0.25) is 0 Å². The zero-order valence-electron chi connectivity index (χ0n) is 47.3. The van der Waals surface area contributed by atoms with Crippen LogP contribution in [-0.2, 0) is 21.7 Å². The second-order valence-electron chi connectivity index (χ2n) is 24.1. The summed E-state index contributed by atoms with van der Waals surface area (Å²) in [5, 5.41) is 1.24. The van der Waals surface area contributed by atoms with Gasteiger partial charge < -0.3 is 9.80 Å². The van der Waals surface area contributed by atoms with E-state index < -0.39 is 0 Å². The Kier molecular flexibility index (Phi) is 9.20. The molecule has 2 nitrogen and oxygen atoms in total. The summed E-state index contributed by atoms with van der Waals surface area (Å²) in [6.45, 7) is 20.0. The lowest BCUT2D eigenvalue weighted by atomic mass is 9.36. The fourth-order valence-corrected chi connectivity index (χ4v) is 14.0. The Morgan fingerprint density at radius 1 is 0.500 bits per heavy atom. The summed E-state index contributed by atoms with van der Waals surface area (Å²) >= 11 is 1.89. The summed E-state index contributed by atoms with van der Waals surface area (Å²) in [6, 6.07) is 53.2. The van der Waals surface area contributed by atoms with Crippen LogP contribution in [0.4, 0.5) is 34.1 Å².